The van der Waals surface area contributed by atoms with Crippen molar-refractivity contribution in [3.8, 4) is 0 Å². The second-order valence-corrected chi connectivity index (χ2v) is 8.43. The number of hydrogen-bond donors (Lipinski definition) is 0. The average Bonchev–Trinajstić information content (AvgIpc) is 3.04. The van der Waals surface area contributed by atoms with Gasteiger partial charge in [0.1, 0.15) is 11.6 Å². The van der Waals surface area contributed by atoms with E-state index < -0.39 is 0 Å². The third-order valence-corrected chi connectivity index (χ3v) is 5.17. The molecule has 1 saturated heterocycles. The van der Waals surface area contributed by atoms with Gasteiger partial charge in [0.2, 0.25) is 11.8 Å². The highest BCUT2D eigenvalue weighted by molar-refractivity contribution is 5.89. The van der Waals surface area contributed by atoms with Gasteiger partial charge in [-0.3, -0.25) is 9.59 Å². The minimum Gasteiger partial charge on any atom is -0.340 e. The average molecular weight is 347 g/mol. The van der Waals surface area contributed by atoms with E-state index in [-0.39, 0.29) is 23.3 Å². The molecule has 3 rings (SSSR count). The lowest BCUT2D eigenvalue weighted by Crippen LogP contribution is -2.44. The molecule has 3 heterocycles. The van der Waals surface area contributed by atoms with Gasteiger partial charge < -0.3 is 14.4 Å². The first kappa shape index (κ1) is 17.9. The molecular weight excluding hydrogens is 318 g/mol. The Labute approximate surface area is 149 Å². The minimum atomic E-state index is -0.231. The van der Waals surface area contributed by atoms with Gasteiger partial charge in [0.25, 0.3) is 0 Å². The van der Waals surface area contributed by atoms with E-state index in [4.69, 9.17) is 0 Å². The molecule has 0 N–H and O–H groups in total. The summed E-state index contributed by atoms with van der Waals surface area (Å²) in [5.74, 6) is 2.22. The van der Waals surface area contributed by atoms with Crippen molar-refractivity contribution in [3.05, 3.63) is 11.6 Å². The Balaban J connectivity index is 1.68. The molecule has 0 aromatic carbocycles. The Morgan fingerprint density at radius 1 is 1.16 bits per heavy atom. The van der Waals surface area contributed by atoms with Gasteiger partial charge in [0.15, 0.2) is 0 Å². The van der Waals surface area contributed by atoms with E-state index in [1.165, 1.54) is 0 Å². The van der Waals surface area contributed by atoms with E-state index in [0.29, 0.717) is 32.0 Å². The highest BCUT2D eigenvalue weighted by atomic mass is 16.2. The summed E-state index contributed by atoms with van der Waals surface area (Å²) in [4.78, 5) is 29.0. The molecule has 0 radical (unpaired) electrons. The first-order chi connectivity index (χ1) is 11.7. The fourth-order valence-corrected chi connectivity index (χ4v) is 3.77. The van der Waals surface area contributed by atoms with E-state index >= 15 is 0 Å². The lowest BCUT2D eigenvalue weighted by molar-refractivity contribution is -0.136. The van der Waals surface area contributed by atoms with E-state index in [9.17, 15) is 9.59 Å². The number of rotatable bonds is 2. The number of fused-ring (bicyclic) bond motifs is 1. The van der Waals surface area contributed by atoms with Crippen LogP contribution in [0, 0.1) is 5.92 Å². The van der Waals surface area contributed by atoms with Crippen LogP contribution in [0.2, 0.25) is 0 Å². The maximum atomic E-state index is 13.0. The van der Waals surface area contributed by atoms with Crippen LogP contribution < -0.4 is 0 Å². The van der Waals surface area contributed by atoms with E-state index in [0.717, 1.165) is 24.6 Å². The number of likely N-dealkylation sites (tertiary alicyclic amines) is 1. The van der Waals surface area contributed by atoms with Crippen LogP contribution in [0.3, 0.4) is 0 Å². The zero-order valence-electron chi connectivity index (χ0n) is 15.9. The summed E-state index contributed by atoms with van der Waals surface area (Å²) < 4.78 is 2.15. The summed E-state index contributed by atoms with van der Waals surface area (Å²) in [5.41, 5.74) is -0.231. The highest BCUT2D eigenvalue weighted by Crippen LogP contribution is 2.27. The summed E-state index contributed by atoms with van der Waals surface area (Å²) in [6.07, 6.45) is 1.05. The van der Waals surface area contributed by atoms with Crippen molar-refractivity contribution < 1.29 is 9.59 Å². The molecule has 0 unspecified atom stereocenters. The zero-order valence-corrected chi connectivity index (χ0v) is 15.9. The SMILES string of the molecule is CC(C)c1nnc2n1CCN(C(=O)[C@H]1CC(=O)N(C(C)(C)C)C1)CC2. The maximum absolute atomic E-state index is 13.0. The minimum absolute atomic E-state index is 0.0832. The quantitative estimate of drug-likeness (QED) is 0.811. The molecule has 25 heavy (non-hydrogen) atoms. The Morgan fingerprint density at radius 3 is 2.48 bits per heavy atom. The summed E-state index contributed by atoms with van der Waals surface area (Å²) in [5, 5.41) is 8.59. The summed E-state index contributed by atoms with van der Waals surface area (Å²) >= 11 is 0. The molecular formula is C18H29N5O2. The molecule has 2 aliphatic heterocycles. The van der Waals surface area contributed by atoms with Gasteiger partial charge in [0, 0.05) is 50.5 Å². The van der Waals surface area contributed by atoms with E-state index in [2.05, 4.69) is 28.6 Å². The van der Waals surface area contributed by atoms with Gasteiger partial charge in [-0.05, 0) is 20.8 Å². The van der Waals surface area contributed by atoms with Crippen molar-refractivity contribution in [1.82, 2.24) is 24.6 Å². The van der Waals surface area contributed by atoms with Crippen LogP contribution in [0.4, 0.5) is 0 Å². The van der Waals surface area contributed by atoms with Crippen LogP contribution in [0.1, 0.15) is 58.6 Å². The van der Waals surface area contributed by atoms with Crippen LogP contribution in [-0.2, 0) is 22.6 Å². The molecule has 7 nitrogen and oxygen atoms in total. The number of hydrogen-bond acceptors (Lipinski definition) is 4. The van der Waals surface area contributed by atoms with Gasteiger partial charge in [-0.25, -0.2) is 0 Å². The predicted molar refractivity (Wildman–Crippen MR) is 94.0 cm³/mol. The topological polar surface area (TPSA) is 71.3 Å². The number of amides is 2. The molecule has 0 spiro atoms. The van der Waals surface area contributed by atoms with Gasteiger partial charge in [-0.15, -0.1) is 10.2 Å². The Kier molecular flexibility index (Phi) is 4.60. The van der Waals surface area contributed by atoms with Crippen molar-refractivity contribution in [3.63, 3.8) is 0 Å². The molecule has 1 aromatic rings. The second-order valence-electron chi connectivity index (χ2n) is 8.43. The number of carbonyl (C=O) groups is 2. The molecule has 7 heteroatoms. The Morgan fingerprint density at radius 2 is 1.88 bits per heavy atom. The summed E-state index contributed by atoms with van der Waals surface area (Å²) in [7, 11) is 0. The van der Waals surface area contributed by atoms with Gasteiger partial charge >= 0.3 is 0 Å². The first-order valence-corrected chi connectivity index (χ1v) is 9.19. The van der Waals surface area contributed by atoms with Crippen molar-refractivity contribution in [1.29, 1.82) is 0 Å². The Hall–Kier alpha value is -1.92. The summed E-state index contributed by atoms with van der Waals surface area (Å²) in [6, 6.07) is 0. The monoisotopic (exact) mass is 347 g/mol. The van der Waals surface area contributed by atoms with Gasteiger partial charge in [-0.1, -0.05) is 13.8 Å². The van der Waals surface area contributed by atoms with Crippen molar-refractivity contribution >= 4 is 11.8 Å². The maximum Gasteiger partial charge on any atom is 0.228 e. The smallest absolute Gasteiger partial charge is 0.228 e. The number of aromatic nitrogens is 3. The molecule has 0 aliphatic carbocycles. The number of carbonyl (C=O) groups excluding carboxylic acids is 2. The highest BCUT2D eigenvalue weighted by Gasteiger charge is 2.41. The fraction of sp³-hybridized carbons (Fsp3) is 0.778. The molecule has 2 amide bonds. The second kappa shape index (κ2) is 6.42. The van der Waals surface area contributed by atoms with Gasteiger partial charge in [0.05, 0.1) is 5.92 Å². The van der Waals surface area contributed by atoms with Crippen LogP contribution in [-0.4, -0.2) is 61.6 Å². The lowest BCUT2D eigenvalue weighted by atomic mass is 10.1. The van der Waals surface area contributed by atoms with Crippen molar-refractivity contribution in [2.75, 3.05) is 19.6 Å². The molecule has 1 aromatic heterocycles. The summed E-state index contributed by atoms with van der Waals surface area (Å²) in [6.45, 7) is 12.8. The number of nitrogens with zero attached hydrogens (tertiary/aromatic N) is 5. The van der Waals surface area contributed by atoms with Crippen molar-refractivity contribution in [2.45, 2.75) is 65.5 Å². The molecule has 2 aliphatic rings. The van der Waals surface area contributed by atoms with E-state index in [1.807, 2.05) is 30.6 Å². The normalized spacial score (nSPS) is 21.7. The third-order valence-electron chi connectivity index (χ3n) is 5.17. The van der Waals surface area contributed by atoms with E-state index in [1.54, 1.807) is 0 Å². The first-order valence-electron chi connectivity index (χ1n) is 9.19. The Bertz CT molecular complexity index is 673. The lowest BCUT2D eigenvalue weighted by Gasteiger charge is -2.32. The standard InChI is InChI=1S/C18H29N5O2/c1-12(2)16-20-19-14-6-7-21(8-9-22(14)16)17(25)13-10-15(24)23(11-13)18(3,4)5/h12-13H,6-11H2,1-5H3/t13-/m0/s1. The molecule has 0 bridgehead atoms. The van der Waals surface area contributed by atoms with Crippen LogP contribution in [0.5, 0.6) is 0 Å². The van der Waals surface area contributed by atoms with Crippen LogP contribution in [0.15, 0.2) is 0 Å². The molecule has 1 atom stereocenters. The molecule has 138 valence electrons. The largest absolute Gasteiger partial charge is 0.340 e. The predicted octanol–water partition coefficient (Wildman–Crippen LogP) is 1.43. The van der Waals surface area contributed by atoms with Crippen LogP contribution >= 0.6 is 0 Å². The molecule has 0 saturated carbocycles. The third kappa shape index (κ3) is 3.41. The zero-order chi connectivity index (χ0) is 18.4. The van der Waals surface area contributed by atoms with Crippen molar-refractivity contribution in [2.24, 2.45) is 5.92 Å². The van der Waals surface area contributed by atoms with Crippen LogP contribution in [0.25, 0.3) is 0 Å². The molecule has 1 fully saturated rings. The fourth-order valence-electron chi connectivity index (χ4n) is 3.77. The van der Waals surface area contributed by atoms with Gasteiger partial charge in [-0.2, -0.15) is 0 Å².